The number of nitrogens with zero attached hydrogens (tertiary/aromatic N) is 3. The summed E-state index contributed by atoms with van der Waals surface area (Å²) in [4.78, 5) is 23.5. The number of carbonyl (C=O) groups excluding carboxylic acids is 2. The van der Waals surface area contributed by atoms with E-state index < -0.39 is 0 Å². The summed E-state index contributed by atoms with van der Waals surface area (Å²) in [5.74, 6) is 1.41. The Morgan fingerprint density at radius 2 is 1.79 bits per heavy atom. The molecule has 0 spiro atoms. The first-order valence-electron chi connectivity index (χ1n) is 8.72. The van der Waals surface area contributed by atoms with Crippen LogP contribution in [0.4, 0.5) is 5.69 Å². The Morgan fingerprint density at radius 1 is 1.10 bits per heavy atom. The van der Waals surface area contributed by atoms with Gasteiger partial charge in [-0.1, -0.05) is 27.7 Å². The summed E-state index contributed by atoms with van der Waals surface area (Å²) in [5.41, 5.74) is 1.25. The Bertz CT molecular complexity index is 1000. The third-order valence-electron chi connectivity index (χ3n) is 4.01. The molecule has 0 aliphatic rings. The normalized spacial score (nSPS) is 10.6. The number of benzene rings is 2. The number of aromatic nitrogens is 3. The van der Waals surface area contributed by atoms with E-state index in [0.717, 1.165) is 10.2 Å². The minimum Gasteiger partial charge on any atom is -0.486 e. The summed E-state index contributed by atoms with van der Waals surface area (Å²) >= 11 is 4.67. The van der Waals surface area contributed by atoms with Gasteiger partial charge in [0, 0.05) is 22.8 Å². The van der Waals surface area contributed by atoms with Crippen molar-refractivity contribution in [3.63, 3.8) is 0 Å². The minimum atomic E-state index is -0.166. The molecule has 0 saturated heterocycles. The van der Waals surface area contributed by atoms with Crippen molar-refractivity contribution in [1.29, 1.82) is 0 Å². The molecule has 9 heteroatoms. The maximum absolute atomic E-state index is 12.2. The lowest BCUT2D eigenvalue weighted by molar-refractivity contribution is -0.113. The molecule has 7 nitrogen and oxygen atoms in total. The van der Waals surface area contributed by atoms with Crippen LogP contribution in [0.15, 0.2) is 58.2 Å². The lowest BCUT2D eigenvalue weighted by Crippen LogP contribution is -2.14. The molecule has 1 amide bonds. The summed E-state index contributed by atoms with van der Waals surface area (Å²) < 4.78 is 8.50. The molecule has 0 radical (unpaired) electrons. The van der Waals surface area contributed by atoms with Gasteiger partial charge in [-0.15, -0.1) is 10.2 Å². The van der Waals surface area contributed by atoms with E-state index in [1.807, 2.05) is 31.3 Å². The molecular formula is C20H19BrN4O3S. The van der Waals surface area contributed by atoms with E-state index in [9.17, 15) is 9.59 Å². The minimum absolute atomic E-state index is 0.0133. The van der Waals surface area contributed by atoms with Crippen molar-refractivity contribution in [2.45, 2.75) is 18.7 Å². The van der Waals surface area contributed by atoms with Crippen LogP contribution >= 0.6 is 27.7 Å². The number of rotatable bonds is 8. The molecule has 1 aromatic heterocycles. The monoisotopic (exact) mass is 474 g/mol. The Hall–Kier alpha value is -2.65. The quantitative estimate of drug-likeness (QED) is 0.390. The van der Waals surface area contributed by atoms with Crippen molar-refractivity contribution in [2.24, 2.45) is 7.05 Å². The summed E-state index contributed by atoms with van der Waals surface area (Å²) in [7, 11) is 1.83. The molecule has 29 heavy (non-hydrogen) atoms. The molecule has 1 heterocycles. The molecule has 0 unspecified atom stereocenters. The molecule has 0 atom stereocenters. The van der Waals surface area contributed by atoms with Crippen molar-refractivity contribution >= 4 is 45.1 Å². The fourth-order valence-corrected chi connectivity index (χ4v) is 3.38. The lowest BCUT2D eigenvalue weighted by atomic mass is 10.1. The molecule has 0 bridgehead atoms. The van der Waals surface area contributed by atoms with E-state index in [2.05, 4.69) is 31.4 Å². The Morgan fingerprint density at radius 3 is 2.45 bits per heavy atom. The fraction of sp³-hybridized carbons (Fsp3) is 0.200. The molecule has 0 fully saturated rings. The predicted molar refractivity (Wildman–Crippen MR) is 115 cm³/mol. The van der Waals surface area contributed by atoms with Gasteiger partial charge in [0.2, 0.25) is 5.91 Å². The Balaban J connectivity index is 1.50. The lowest BCUT2D eigenvalue weighted by Gasteiger charge is -2.07. The molecule has 2 aromatic carbocycles. The van der Waals surface area contributed by atoms with Crippen LogP contribution in [0.5, 0.6) is 5.75 Å². The summed E-state index contributed by atoms with van der Waals surface area (Å²) in [5, 5.41) is 11.7. The molecule has 3 aromatic rings. The highest BCUT2D eigenvalue weighted by molar-refractivity contribution is 9.10. The van der Waals surface area contributed by atoms with Gasteiger partial charge in [0.15, 0.2) is 16.8 Å². The maximum Gasteiger partial charge on any atom is 0.234 e. The van der Waals surface area contributed by atoms with E-state index in [-0.39, 0.29) is 24.1 Å². The number of thioether (sulfide) groups is 1. The van der Waals surface area contributed by atoms with Crippen LogP contribution in [0.1, 0.15) is 23.1 Å². The highest BCUT2D eigenvalue weighted by atomic mass is 79.9. The van der Waals surface area contributed by atoms with Crippen LogP contribution in [0.3, 0.4) is 0 Å². The first kappa shape index (κ1) is 21.1. The number of hydrogen-bond acceptors (Lipinski definition) is 6. The third-order valence-corrected chi connectivity index (χ3v) is 5.56. The molecular weight excluding hydrogens is 456 g/mol. The smallest absolute Gasteiger partial charge is 0.234 e. The van der Waals surface area contributed by atoms with Crippen molar-refractivity contribution < 1.29 is 14.3 Å². The molecule has 3 rings (SSSR count). The molecule has 0 saturated carbocycles. The van der Waals surface area contributed by atoms with Crippen molar-refractivity contribution in [3.8, 4) is 5.75 Å². The van der Waals surface area contributed by atoms with Crippen molar-refractivity contribution in [1.82, 2.24) is 14.8 Å². The largest absolute Gasteiger partial charge is 0.486 e. The summed E-state index contributed by atoms with van der Waals surface area (Å²) in [6.45, 7) is 1.78. The number of anilines is 1. The van der Waals surface area contributed by atoms with Gasteiger partial charge in [-0.25, -0.2) is 0 Å². The number of halogens is 1. The first-order chi connectivity index (χ1) is 13.9. The standard InChI is InChI=1S/C20H19BrN4O3S/c1-13(26)14-3-7-16(8-4-14)22-19(27)12-29-20-24-23-18(25(20)2)11-28-17-9-5-15(21)6-10-17/h3-10H,11-12H2,1-2H3,(H,22,27). The average molecular weight is 475 g/mol. The number of ether oxygens (including phenoxy) is 1. The van der Waals surface area contributed by atoms with Crippen LogP contribution in [0.25, 0.3) is 0 Å². The van der Waals surface area contributed by atoms with E-state index in [4.69, 9.17) is 4.74 Å². The maximum atomic E-state index is 12.2. The Labute approximate surface area is 181 Å². The number of nitrogens with one attached hydrogen (secondary N) is 1. The zero-order valence-corrected chi connectivity index (χ0v) is 18.3. The number of carbonyl (C=O) groups is 2. The van der Waals surface area contributed by atoms with Gasteiger partial charge in [0.1, 0.15) is 12.4 Å². The SMILES string of the molecule is CC(=O)c1ccc(NC(=O)CSc2nnc(COc3ccc(Br)cc3)n2C)cc1. The van der Waals surface area contributed by atoms with Crippen LogP contribution in [-0.2, 0) is 18.4 Å². The number of hydrogen-bond donors (Lipinski definition) is 1. The summed E-state index contributed by atoms with van der Waals surface area (Å²) in [6.07, 6.45) is 0. The molecule has 150 valence electrons. The number of ketones is 1. The van der Waals surface area contributed by atoms with E-state index in [1.54, 1.807) is 28.8 Å². The fourth-order valence-electron chi connectivity index (χ4n) is 2.39. The van der Waals surface area contributed by atoms with Crippen LogP contribution in [-0.4, -0.2) is 32.2 Å². The zero-order valence-electron chi connectivity index (χ0n) is 15.9. The second kappa shape index (κ2) is 9.71. The van der Waals surface area contributed by atoms with Gasteiger partial charge >= 0.3 is 0 Å². The number of Topliss-reactive ketones (excluding diaryl/α,β-unsaturated/α-hetero) is 1. The van der Waals surface area contributed by atoms with Gasteiger partial charge < -0.3 is 14.6 Å². The molecule has 1 N–H and O–H groups in total. The highest BCUT2D eigenvalue weighted by Crippen LogP contribution is 2.19. The second-order valence-electron chi connectivity index (χ2n) is 6.17. The van der Waals surface area contributed by atoms with Crippen LogP contribution < -0.4 is 10.1 Å². The van der Waals surface area contributed by atoms with Crippen LogP contribution in [0, 0.1) is 0 Å². The Kier molecular flexibility index (Phi) is 7.05. The molecule has 0 aliphatic carbocycles. The van der Waals surface area contributed by atoms with Crippen molar-refractivity contribution in [3.05, 3.63) is 64.4 Å². The number of amides is 1. The highest BCUT2D eigenvalue weighted by Gasteiger charge is 2.12. The van der Waals surface area contributed by atoms with Gasteiger partial charge in [-0.3, -0.25) is 9.59 Å². The summed E-state index contributed by atoms with van der Waals surface area (Å²) in [6, 6.07) is 14.3. The van der Waals surface area contributed by atoms with Gasteiger partial charge in [-0.05, 0) is 55.5 Å². The van der Waals surface area contributed by atoms with Gasteiger partial charge in [-0.2, -0.15) is 0 Å². The van der Waals surface area contributed by atoms with Crippen LogP contribution in [0.2, 0.25) is 0 Å². The zero-order chi connectivity index (χ0) is 20.8. The van der Waals surface area contributed by atoms with Crippen molar-refractivity contribution in [2.75, 3.05) is 11.1 Å². The van der Waals surface area contributed by atoms with E-state index in [0.29, 0.717) is 22.2 Å². The van der Waals surface area contributed by atoms with Gasteiger partial charge in [0.25, 0.3) is 0 Å². The molecule has 0 aliphatic heterocycles. The average Bonchev–Trinajstić information content (AvgIpc) is 3.06. The van der Waals surface area contributed by atoms with Gasteiger partial charge in [0.05, 0.1) is 5.75 Å². The van der Waals surface area contributed by atoms with E-state index >= 15 is 0 Å². The predicted octanol–water partition coefficient (Wildman–Crippen LogP) is 4.09. The third kappa shape index (κ3) is 5.91. The first-order valence-corrected chi connectivity index (χ1v) is 10.5. The van der Waals surface area contributed by atoms with E-state index in [1.165, 1.54) is 18.7 Å². The topological polar surface area (TPSA) is 86.1 Å². The second-order valence-corrected chi connectivity index (χ2v) is 8.03.